The third kappa shape index (κ3) is 9.50. The molecule has 0 spiro atoms. The number of nitrogens with zero attached hydrogens (tertiary/aromatic N) is 1. The summed E-state index contributed by atoms with van der Waals surface area (Å²) in [6.45, 7) is 7.98. The predicted octanol–water partition coefficient (Wildman–Crippen LogP) is 7.13. The Kier molecular flexibility index (Phi) is 11.7. The SMILES string of the molecule is CC(C)(C)CC=O.CNCCCNSc1cc(-c2ncc(-c3ccc(Br)c(F)c3)[nH]2)ccc1Cl. The topological polar surface area (TPSA) is 69.8 Å². The van der Waals surface area contributed by atoms with Crippen molar-refractivity contribution in [2.24, 2.45) is 5.41 Å². The van der Waals surface area contributed by atoms with Gasteiger partial charge in [0, 0.05) is 29.0 Å². The van der Waals surface area contributed by atoms with Gasteiger partial charge >= 0.3 is 0 Å². The number of hydrogen-bond acceptors (Lipinski definition) is 5. The van der Waals surface area contributed by atoms with Gasteiger partial charge in [-0.3, -0.25) is 4.72 Å². The van der Waals surface area contributed by atoms with E-state index >= 15 is 0 Å². The molecule has 3 N–H and O–H groups in total. The molecular formula is C25H31BrClFN4OS. The standard InChI is InChI=1S/C19H19BrClFN4S.C6H12O/c1-23-7-2-8-25-27-18-10-13(4-6-15(18)21)19-24-11-17(26-19)12-3-5-14(20)16(22)9-12;1-6(2,3)4-5-7/h3-6,9-11,23,25H,2,7-8H2,1H3,(H,24,26);5H,4H2,1-3H3. The molecule has 0 atom stereocenters. The molecule has 9 heteroatoms. The third-order valence-electron chi connectivity index (χ3n) is 4.59. The van der Waals surface area contributed by atoms with Crippen LogP contribution in [0.3, 0.4) is 0 Å². The summed E-state index contributed by atoms with van der Waals surface area (Å²) in [6.07, 6.45) is 4.36. The molecule has 5 nitrogen and oxygen atoms in total. The maximum Gasteiger partial charge on any atom is 0.138 e. The Bertz CT molecular complexity index is 1070. The zero-order valence-corrected chi connectivity index (χ0v) is 23.0. The second-order valence-electron chi connectivity index (χ2n) is 8.80. The molecule has 34 heavy (non-hydrogen) atoms. The lowest BCUT2D eigenvalue weighted by Crippen LogP contribution is -2.14. The molecule has 0 amide bonds. The van der Waals surface area contributed by atoms with Crippen LogP contribution in [0.5, 0.6) is 0 Å². The number of benzene rings is 2. The van der Waals surface area contributed by atoms with Crippen molar-refractivity contribution in [1.29, 1.82) is 0 Å². The van der Waals surface area contributed by atoms with Crippen LogP contribution in [0.25, 0.3) is 22.6 Å². The van der Waals surface area contributed by atoms with Crippen LogP contribution in [-0.2, 0) is 4.79 Å². The summed E-state index contributed by atoms with van der Waals surface area (Å²) in [7, 11) is 1.94. The Hall–Kier alpha value is -1.71. The second kappa shape index (κ2) is 14.0. The fourth-order valence-electron chi connectivity index (χ4n) is 2.72. The number of aldehydes is 1. The van der Waals surface area contributed by atoms with Gasteiger partial charge in [-0.1, -0.05) is 38.4 Å². The quantitative estimate of drug-likeness (QED) is 0.145. The molecule has 0 radical (unpaired) electrons. The van der Waals surface area contributed by atoms with E-state index in [1.807, 2.05) is 52.1 Å². The van der Waals surface area contributed by atoms with Crippen LogP contribution in [0.15, 0.2) is 52.0 Å². The van der Waals surface area contributed by atoms with Gasteiger partial charge in [-0.2, -0.15) is 0 Å². The summed E-state index contributed by atoms with van der Waals surface area (Å²) in [4.78, 5) is 18.4. The number of carbonyl (C=O) groups is 1. The van der Waals surface area contributed by atoms with Crippen LogP contribution in [-0.4, -0.2) is 36.4 Å². The lowest BCUT2D eigenvalue weighted by molar-refractivity contribution is -0.109. The van der Waals surface area contributed by atoms with Crippen LogP contribution in [0.1, 0.15) is 33.6 Å². The van der Waals surface area contributed by atoms with Crippen molar-refractivity contribution in [2.75, 3.05) is 20.1 Å². The van der Waals surface area contributed by atoms with Gasteiger partial charge in [-0.05, 0) is 83.6 Å². The molecule has 0 unspecified atom stereocenters. The summed E-state index contributed by atoms with van der Waals surface area (Å²) in [5, 5.41) is 3.80. The maximum absolute atomic E-state index is 13.8. The Morgan fingerprint density at radius 1 is 1.18 bits per heavy atom. The number of rotatable bonds is 9. The van der Waals surface area contributed by atoms with Gasteiger partial charge in [0.05, 0.1) is 21.4 Å². The number of aromatic nitrogens is 2. The zero-order valence-electron chi connectivity index (χ0n) is 19.8. The smallest absolute Gasteiger partial charge is 0.138 e. The van der Waals surface area contributed by atoms with Crippen LogP contribution in [0.4, 0.5) is 4.39 Å². The van der Waals surface area contributed by atoms with E-state index in [-0.39, 0.29) is 11.2 Å². The molecule has 0 aliphatic rings. The fraction of sp³-hybridized carbons (Fsp3) is 0.360. The summed E-state index contributed by atoms with van der Waals surface area (Å²) in [5.74, 6) is 0.403. The summed E-state index contributed by atoms with van der Waals surface area (Å²) in [6, 6.07) is 10.8. The normalized spacial score (nSPS) is 11.1. The molecule has 1 heterocycles. The average Bonchev–Trinajstić information content (AvgIpc) is 3.26. The summed E-state index contributed by atoms with van der Waals surface area (Å²) in [5.41, 5.74) is 2.60. The van der Waals surface area contributed by atoms with Crippen LogP contribution in [0.2, 0.25) is 5.02 Å². The van der Waals surface area contributed by atoms with Gasteiger partial charge in [-0.25, -0.2) is 9.37 Å². The van der Waals surface area contributed by atoms with E-state index in [0.717, 1.165) is 47.5 Å². The van der Waals surface area contributed by atoms with Gasteiger partial charge in [0.15, 0.2) is 0 Å². The van der Waals surface area contributed by atoms with Crippen molar-refractivity contribution in [3.05, 3.63) is 57.9 Å². The Balaban J connectivity index is 0.000000509. The van der Waals surface area contributed by atoms with Crippen molar-refractivity contribution < 1.29 is 9.18 Å². The lowest BCUT2D eigenvalue weighted by Gasteiger charge is -2.11. The number of imidazole rings is 1. The van der Waals surface area contributed by atoms with Crippen LogP contribution < -0.4 is 10.0 Å². The van der Waals surface area contributed by atoms with Gasteiger partial charge in [0.2, 0.25) is 0 Å². The fourth-order valence-corrected chi connectivity index (χ4v) is 3.96. The molecular weight excluding hydrogens is 539 g/mol. The molecule has 3 aromatic rings. The second-order valence-corrected chi connectivity index (χ2v) is 11.0. The van der Waals surface area contributed by atoms with E-state index < -0.39 is 0 Å². The Labute approximate surface area is 218 Å². The van der Waals surface area contributed by atoms with E-state index in [2.05, 4.69) is 35.9 Å². The molecule has 0 saturated heterocycles. The van der Waals surface area contributed by atoms with E-state index in [0.29, 0.717) is 21.7 Å². The van der Waals surface area contributed by atoms with Crippen LogP contribution >= 0.6 is 39.5 Å². The van der Waals surface area contributed by atoms with Crippen LogP contribution in [0, 0.1) is 11.2 Å². The van der Waals surface area contributed by atoms with Crippen molar-refractivity contribution >= 4 is 45.8 Å². The van der Waals surface area contributed by atoms with E-state index in [9.17, 15) is 9.18 Å². The zero-order chi connectivity index (χ0) is 25.1. The summed E-state index contributed by atoms with van der Waals surface area (Å²) < 4.78 is 17.5. The van der Waals surface area contributed by atoms with Crippen molar-refractivity contribution in [3.8, 4) is 22.6 Å². The molecule has 0 aliphatic carbocycles. The minimum atomic E-state index is -0.307. The van der Waals surface area contributed by atoms with Gasteiger partial charge in [0.1, 0.15) is 17.9 Å². The first-order valence-electron chi connectivity index (χ1n) is 10.9. The average molecular weight is 570 g/mol. The Morgan fingerprint density at radius 3 is 2.53 bits per heavy atom. The highest BCUT2D eigenvalue weighted by Gasteiger charge is 2.10. The first kappa shape index (κ1) is 28.5. The van der Waals surface area contributed by atoms with Gasteiger partial charge in [-0.15, -0.1) is 0 Å². The number of H-pyrrole nitrogens is 1. The number of aromatic amines is 1. The molecule has 0 aliphatic heterocycles. The molecule has 2 aromatic carbocycles. The van der Waals surface area contributed by atoms with E-state index in [1.54, 1.807) is 12.3 Å². The monoisotopic (exact) mass is 568 g/mol. The number of nitrogens with one attached hydrogen (secondary N) is 3. The highest BCUT2D eigenvalue weighted by molar-refractivity contribution is 9.10. The summed E-state index contributed by atoms with van der Waals surface area (Å²) >= 11 is 11.0. The number of hydrogen-bond donors (Lipinski definition) is 3. The molecule has 0 bridgehead atoms. The molecule has 184 valence electrons. The maximum atomic E-state index is 13.8. The first-order chi connectivity index (χ1) is 16.1. The van der Waals surface area contributed by atoms with Crippen molar-refractivity contribution in [1.82, 2.24) is 20.0 Å². The minimum absolute atomic E-state index is 0.182. The number of halogens is 3. The molecule has 1 aromatic heterocycles. The highest BCUT2D eigenvalue weighted by atomic mass is 79.9. The van der Waals surface area contributed by atoms with E-state index in [4.69, 9.17) is 11.6 Å². The molecule has 0 fully saturated rings. The Morgan fingerprint density at radius 2 is 1.91 bits per heavy atom. The first-order valence-corrected chi connectivity index (χ1v) is 12.9. The lowest BCUT2D eigenvalue weighted by atomic mass is 9.93. The number of carbonyl (C=O) groups excluding carboxylic acids is 1. The van der Waals surface area contributed by atoms with E-state index in [1.165, 1.54) is 18.0 Å². The van der Waals surface area contributed by atoms with Gasteiger partial charge < -0.3 is 15.1 Å². The molecule has 3 rings (SSSR count). The van der Waals surface area contributed by atoms with Gasteiger partial charge in [0.25, 0.3) is 0 Å². The predicted molar refractivity (Wildman–Crippen MR) is 145 cm³/mol. The van der Waals surface area contributed by atoms with Crippen molar-refractivity contribution in [3.63, 3.8) is 0 Å². The van der Waals surface area contributed by atoms with Crippen molar-refractivity contribution in [2.45, 2.75) is 38.5 Å². The third-order valence-corrected chi connectivity index (χ3v) is 6.59. The minimum Gasteiger partial charge on any atom is -0.338 e. The highest BCUT2D eigenvalue weighted by Crippen LogP contribution is 2.31. The molecule has 0 saturated carbocycles. The largest absolute Gasteiger partial charge is 0.338 e.